The lowest BCUT2D eigenvalue weighted by molar-refractivity contribution is -0.134. The van der Waals surface area contributed by atoms with Gasteiger partial charge in [-0.3, -0.25) is 19.2 Å². The van der Waals surface area contributed by atoms with Gasteiger partial charge in [-0.2, -0.15) is 0 Å². The molecule has 2 aromatic carbocycles. The zero-order valence-corrected chi connectivity index (χ0v) is 24.4. The normalized spacial score (nSPS) is 13.3. The molecule has 0 saturated carbocycles. The van der Waals surface area contributed by atoms with E-state index in [9.17, 15) is 29.4 Å². The number of carbonyl (C=O) groups excluding carboxylic acids is 4. The molecule has 2 N–H and O–H groups in total. The molecule has 0 saturated heterocycles. The maximum atomic E-state index is 12.5. The Kier molecular flexibility index (Phi) is 10.6. The lowest BCUT2D eigenvalue weighted by atomic mass is 9.85. The number of hydrogen-bond acceptors (Lipinski definition) is 8. The Morgan fingerprint density at radius 1 is 0.744 bits per heavy atom. The van der Waals surface area contributed by atoms with E-state index in [1.165, 1.54) is 24.3 Å². The van der Waals surface area contributed by atoms with E-state index in [1.54, 1.807) is 0 Å². The molecule has 2 atom stereocenters. The van der Waals surface area contributed by atoms with Crippen molar-refractivity contribution in [2.75, 3.05) is 0 Å². The van der Waals surface area contributed by atoms with Gasteiger partial charge < -0.3 is 19.7 Å². The van der Waals surface area contributed by atoms with E-state index in [0.717, 1.165) is 0 Å². The summed E-state index contributed by atoms with van der Waals surface area (Å²) in [6.45, 7) is 11.0. The zero-order valence-electron chi connectivity index (χ0n) is 22.8. The Morgan fingerprint density at radius 2 is 1.08 bits per heavy atom. The predicted molar refractivity (Wildman–Crippen MR) is 149 cm³/mol. The number of phenols is 2. The second-order valence-electron chi connectivity index (χ2n) is 11.3. The van der Waals surface area contributed by atoms with Crippen LogP contribution in [-0.4, -0.2) is 45.5 Å². The number of phenolic OH excluding ortho intramolecular Hbond substituents is 2. The molecule has 0 fully saturated rings. The molecule has 0 aliphatic rings. The quantitative estimate of drug-likeness (QED) is 0.147. The van der Waals surface area contributed by atoms with Crippen molar-refractivity contribution in [2.24, 2.45) is 0 Å². The van der Waals surface area contributed by atoms with Gasteiger partial charge in [-0.15, -0.1) is 23.2 Å². The summed E-state index contributed by atoms with van der Waals surface area (Å²) < 4.78 is 10.7. The molecule has 0 heterocycles. The number of alkyl halides is 2. The van der Waals surface area contributed by atoms with Crippen LogP contribution in [0.4, 0.5) is 0 Å². The second-order valence-corrected chi connectivity index (χ2v) is 12.3. The van der Waals surface area contributed by atoms with Gasteiger partial charge in [-0.1, -0.05) is 41.5 Å². The number of rotatable bonds is 10. The van der Waals surface area contributed by atoms with Crippen LogP contribution < -0.4 is 9.47 Å². The van der Waals surface area contributed by atoms with Crippen molar-refractivity contribution in [1.29, 1.82) is 0 Å². The number of aromatic hydroxyl groups is 2. The second kappa shape index (κ2) is 12.8. The van der Waals surface area contributed by atoms with Crippen LogP contribution in [0, 0.1) is 0 Å². The molecule has 0 amide bonds. The zero-order chi connectivity index (χ0) is 29.7. The van der Waals surface area contributed by atoms with Crippen molar-refractivity contribution in [3.05, 3.63) is 46.5 Å². The third-order valence-corrected chi connectivity index (χ3v) is 6.75. The lowest BCUT2D eigenvalue weighted by Crippen LogP contribution is -2.24. The van der Waals surface area contributed by atoms with Crippen LogP contribution in [-0.2, 0) is 20.4 Å². The Labute approximate surface area is 238 Å². The highest BCUT2D eigenvalue weighted by Gasteiger charge is 2.26. The Bertz CT molecular complexity index is 1150. The minimum atomic E-state index is -1.06. The molecule has 2 aromatic rings. The number of halogens is 2. The first-order valence-electron chi connectivity index (χ1n) is 12.4. The lowest BCUT2D eigenvalue weighted by Gasteiger charge is -2.22. The highest BCUT2D eigenvalue weighted by Crippen LogP contribution is 2.37. The van der Waals surface area contributed by atoms with Gasteiger partial charge in [0.1, 0.15) is 33.8 Å². The summed E-state index contributed by atoms with van der Waals surface area (Å²) in [5, 5.41) is 18.5. The maximum Gasteiger partial charge on any atom is 0.329 e. The minimum Gasteiger partial charge on any atom is -0.507 e. The number of aldehydes is 2. The SMILES string of the molecule is CC(C)(C)c1cc(OC(=O)C(Cl)CCCC(Cl)C(=O)Oc2cc(C=O)c(O)c(C(C)(C)C)c2)cc(C=O)c1O. The van der Waals surface area contributed by atoms with E-state index in [4.69, 9.17) is 32.7 Å². The van der Waals surface area contributed by atoms with E-state index in [1.807, 2.05) is 41.5 Å². The molecule has 0 radical (unpaired) electrons. The molecule has 8 nitrogen and oxygen atoms in total. The van der Waals surface area contributed by atoms with E-state index in [2.05, 4.69) is 0 Å². The summed E-state index contributed by atoms with van der Waals surface area (Å²) in [5.74, 6) is -1.71. The molecular formula is C29H34Cl2O8. The predicted octanol–water partition coefficient (Wildman–Crippen LogP) is 6.21. The fraction of sp³-hybridized carbons (Fsp3) is 0.448. The van der Waals surface area contributed by atoms with E-state index >= 15 is 0 Å². The molecule has 0 aliphatic carbocycles. The van der Waals surface area contributed by atoms with Gasteiger partial charge in [0.25, 0.3) is 0 Å². The highest BCUT2D eigenvalue weighted by molar-refractivity contribution is 6.30. The average Bonchev–Trinajstić information content (AvgIpc) is 2.84. The van der Waals surface area contributed by atoms with Crippen LogP contribution in [0.5, 0.6) is 23.0 Å². The van der Waals surface area contributed by atoms with Gasteiger partial charge in [-0.05, 0) is 54.4 Å². The average molecular weight is 581 g/mol. The largest absolute Gasteiger partial charge is 0.507 e. The van der Waals surface area contributed by atoms with Gasteiger partial charge >= 0.3 is 11.9 Å². The molecule has 212 valence electrons. The summed E-state index contributed by atoms with van der Waals surface area (Å²) in [4.78, 5) is 47.8. The van der Waals surface area contributed by atoms with Gasteiger partial charge in [0.2, 0.25) is 0 Å². The molecule has 0 aromatic heterocycles. The minimum absolute atomic E-state index is 0.0108. The Morgan fingerprint density at radius 3 is 1.36 bits per heavy atom. The number of ether oxygens (including phenoxy) is 2. The molecule has 2 rings (SSSR count). The fourth-order valence-corrected chi connectivity index (χ4v) is 4.17. The number of benzene rings is 2. The number of carbonyl (C=O) groups is 4. The third kappa shape index (κ3) is 8.44. The summed E-state index contributed by atoms with van der Waals surface area (Å²) in [7, 11) is 0. The Hall–Kier alpha value is -3.10. The number of hydrogen-bond donors (Lipinski definition) is 2. The van der Waals surface area contributed by atoms with Crippen molar-refractivity contribution in [3.63, 3.8) is 0 Å². The van der Waals surface area contributed by atoms with E-state index in [0.29, 0.717) is 23.7 Å². The van der Waals surface area contributed by atoms with Crippen molar-refractivity contribution in [3.8, 4) is 23.0 Å². The van der Waals surface area contributed by atoms with Crippen LogP contribution in [0.15, 0.2) is 24.3 Å². The van der Waals surface area contributed by atoms with Crippen LogP contribution in [0.3, 0.4) is 0 Å². The summed E-state index contributed by atoms with van der Waals surface area (Å²) in [6, 6.07) is 5.49. The van der Waals surface area contributed by atoms with Crippen molar-refractivity contribution >= 4 is 47.7 Å². The first kappa shape index (κ1) is 32.1. The fourth-order valence-electron chi connectivity index (χ4n) is 3.77. The molecule has 39 heavy (non-hydrogen) atoms. The highest BCUT2D eigenvalue weighted by atomic mass is 35.5. The standard InChI is InChI=1S/C29H34Cl2O8/c1-28(2,3)20-12-18(10-16(14-32)24(20)34)38-26(36)22(30)8-7-9-23(31)27(37)39-19-11-17(15-33)25(35)21(13-19)29(4,5)6/h10-15,22-23,34-35H,7-9H2,1-6H3. The van der Waals surface area contributed by atoms with Crippen LogP contribution >= 0.6 is 23.2 Å². The van der Waals surface area contributed by atoms with E-state index in [-0.39, 0.29) is 53.4 Å². The summed E-state index contributed by atoms with van der Waals surface area (Å²) in [5.41, 5.74) is -0.178. The molecule has 0 bridgehead atoms. The van der Waals surface area contributed by atoms with Gasteiger partial charge in [0.15, 0.2) is 12.6 Å². The molecule has 0 aliphatic heterocycles. The van der Waals surface area contributed by atoms with Crippen LogP contribution in [0.1, 0.15) is 92.6 Å². The van der Waals surface area contributed by atoms with Gasteiger partial charge in [-0.25, -0.2) is 0 Å². The number of esters is 2. The van der Waals surface area contributed by atoms with Gasteiger partial charge in [0, 0.05) is 11.1 Å². The molecule has 0 spiro atoms. The van der Waals surface area contributed by atoms with Gasteiger partial charge in [0.05, 0.1) is 11.1 Å². The smallest absolute Gasteiger partial charge is 0.329 e. The van der Waals surface area contributed by atoms with Crippen LogP contribution in [0.25, 0.3) is 0 Å². The third-order valence-electron chi connectivity index (χ3n) is 5.96. The van der Waals surface area contributed by atoms with Crippen molar-refractivity contribution < 1.29 is 38.9 Å². The maximum absolute atomic E-state index is 12.5. The van der Waals surface area contributed by atoms with Crippen LogP contribution in [0.2, 0.25) is 0 Å². The topological polar surface area (TPSA) is 127 Å². The van der Waals surface area contributed by atoms with Crippen molar-refractivity contribution in [2.45, 2.75) is 82.4 Å². The monoisotopic (exact) mass is 580 g/mol. The Balaban J connectivity index is 1.99. The molecule has 2 unspecified atom stereocenters. The van der Waals surface area contributed by atoms with Crippen molar-refractivity contribution in [1.82, 2.24) is 0 Å². The molecule has 10 heteroatoms. The first-order chi connectivity index (χ1) is 18.0. The molecular weight excluding hydrogens is 547 g/mol. The summed E-state index contributed by atoms with van der Waals surface area (Å²) in [6.07, 6.45) is 1.52. The van der Waals surface area contributed by atoms with E-state index < -0.39 is 33.5 Å². The first-order valence-corrected chi connectivity index (χ1v) is 13.2. The summed E-state index contributed by atoms with van der Waals surface area (Å²) >= 11 is 12.4.